The summed E-state index contributed by atoms with van der Waals surface area (Å²) in [6, 6.07) is 3.25. The number of aromatic nitrogens is 1. The van der Waals surface area contributed by atoms with Crippen molar-refractivity contribution in [3.63, 3.8) is 0 Å². The highest BCUT2D eigenvalue weighted by Gasteiger charge is 2.32. The number of piperazine rings is 1. The van der Waals surface area contributed by atoms with Crippen molar-refractivity contribution in [2.45, 2.75) is 51.7 Å². The quantitative estimate of drug-likeness (QED) is 0.684. The maximum Gasteiger partial charge on any atom is 0.417 e. The Labute approximate surface area is 198 Å². The van der Waals surface area contributed by atoms with Crippen LogP contribution in [0.1, 0.15) is 34.7 Å². The fraction of sp³-hybridized carbons (Fsp3) is 0.478. The molecule has 1 atom stereocenters. The second-order valence-corrected chi connectivity index (χ2v) is 10.3. The Balaban J connectivity index is 1.65. The first kappa shape index (κ1) is 26.0. The Kier molecular flexibility index (Phi) is 7.28. The molecule has 1 aromatic carbocycles. The molecular formula is C23H29F3N4O3S. The van der Waals surface area contributed by atoms with E-state index in [4.69, 9.17) is 0 Å². The van der Waals surface area contributed by atoms with E-state index in [-0.39, 0.29) is 10.8 Å². The van der Waals surface area contributed by atoms with Gasteiger partial charge in [-0.25, -0.2) is 13.4 Å². The van der Waals surface area contributed by atoms with Gasteiger partial charge in [-0.1, -0.05) is 6.07 Å². The number of alkyl halides is 3. The van der Waals surface area contributed by atoms with Crippen molar-refractivity contribution in [2.75, 3.05) is 31.1 Å². The molecule has 1 amide bonds. The van der Waals surface area contributed by atoms with Crippen LogP contribution in [0.15, 0.2) is 29.3 Å². The van der Waals surface area contributed by atoms with E-state index in [2.05, 4.69) is 9.71 Å². The van der Waals surface area contributed by atoms with Crippen molar-refractivity contribution < 1.29 is 26.4 Å². The number of carbonyl (C=O) groups is 1. The molecule has 11 heteroatoms. The lowest BCUT2D eigenvalue weighted by Crippen LogP contribution is -2.54. The highest BCUT2D eigenvalue weighted by atomic mass is 32.2. The van der Waals surface area contributed by atoms with Crippen LogP contribution in [0.3, 0.4) is 0 Å². The number of pyridine rings is 1. The molecule has 1 N–H and O–H groups in total. The van der Waals surface area contributed by atoms with Crippen LogP contribution >= 0.6 is 0 Å². The highest BCUT2D eigenvalue weighted by molar-refractivity contribution is 7.89. The Bertz CT molecular complexity index is 1150. The molecule has 0 bridgehead atoms. The lowest BCUT2D eigenvalue weighted by molar-refractivity contribution is -0.138. The third-order valence-corrected chi connectivity index (χ3v) is 8.07. The first-order valence-electron chi connectivity index (χ1n) is 10.9. The molecule has 1 fully saturated rings. The summed E-state index contributed by atoms with van der Waals surface area (Å²) in [4.78, 5) is 20.4. The van der Waals surface area contributed by atoms with E-state index >= 15 is 0 Å². The maximum atomic E-state index is 13.1. The number of amides is 1. The monoisotopic (exact) mass is 498 g/mol. The molecule has 1 saturated heterocycles. The number of nitrogens with one attached hydrogen (secondary N) is 1. The third kappa shape index (κ3) is 5.35. The van der Waals surface area contributed by atoms with Crippen molar-refractivity contribution in [2.24, 2.45) is 0 Å². The summed E-state index contributed by atoms with van der Waals surface area (Å²) >= 11 is 0. The molecule has 186 valence electrons. The number of halogens is 3. The normalized spacial score (nSPS) is 16.0. The summed E-state index contributed by atoms with van der Waals surface area (Å²) in [6.45, 7) is 10.1. The van der Waals surface area contributed by atoms with Crippen LogP contribution in [-0.4, -0.2) is 56.4 Å². The van der Waals surface area contributed by atoms with Gasteiger partial charge in [0.25, 0.3) is 0 Å². The summed E-state index contributed by atoms with van der Waals surface area (Å²) in [7, 11) is -3.93. The minimum Gasteiger partial charge on any atom is -0.353 e. The summed E-state index contributed by atoms with van der Waals surface area (Å²) in [5, 5.41) is 0. The number of rotatable bonds is 5. The van der Waals surface area contributed by atoms with Gasteiger partial charge in [-0.3, -0.25) is 4.79 Å². The van der Waals surface area contributed by atoms with Crippen molar-refractivity contribution >= 4 is 21.7 Å². The van der Waals surface area contributed by atoms with Gasteiger partial charge >= 0.3 is 6.18 Å². The molecule has 1 aromatic heterocycles. The molecule has 34 heavy (non-hydrogen) atoms. The van der Waals surface area contributed by atoms with Gasteiger partial charge < -0.3 is 9.80 Å². The predicted octanol–water partition coefficient (Wildman–Crippen LogP) is 3.35. The van der Waals surface area contributed by atoms with Gasteiger partial charge in [0.2, 0.25) is 15.9 Å². The van der Waals surface area contributed by atoms with Gasteiger partial charge in [-0.15, -0.1) is 0 Å². The van der Waals surface area contributed by atoms with E-state index in [9.17, 15) is 26.4 Å². The Morgan fingerprint density at radius 2 is 1.59 bits per heavy atom. The Morgan fingerprint density at radius 3 is 2.06 bits per heavy atom. The summed E-state index contributed by atoms with van der Waals surface area (Å²) in [5.41, 5.74) is 2.19. The minimum atomic E-state index is -4.45. The number of sulfonamides is 1. The second-order valence-electron chi connectivity index (χ2n) is 8.65. The van der Waals surface area contributed by atoms with Crippen LogP contribution in [0.2, 0.25) is 0 Å². The Morgan fingerprint density at radius 1 is 1.03 bits per heavy atom. The molecule has 0 spiro atoms. The molecule has 0 saturated carbocycles. The topological polar surface area (TPSA) is 82.6 Å². The second kappa shape index (κ2) is 9.53. The van der Waals surface area contributed by atoms with Crippen LogP contribution in [0.25, 0.3) is 0 Å². The summed E-state index contributed by atoms with van der Waals surface area (Å²) < 4.78 is 67.0. The molecule has 2 heterocycles. The zero-order chi connectivity index (χ0) is 25.4. The zero-order valence-corrected chi connectivity index (χ0v) is 20.6. The van der Waals surface area contributed by atoms with Crippen molar-refractivity contribution in [1.82, 2.24) is 14.6 Å². The number of carbonyl (C=O) groups excluding carboxylic acids is 1. The number of hydrogen-bond acceptors (Lipinski definition) is 5. The van der Waals surface area contributed by atoms with Gasteiger partial charge in [0, 0.05) is 32.4 Å². The highest BCUT2D eigenvalue weighted by Crippen LogP contribution is 2.30. The van der Waals surface area contributed by atoms with E-state index in [1.165, 1.54) is 13.0 Å². The van der Waals surface area contributed by atoms with Gasteiger partial charge in [0.15, 0.2) is 0 Å². The van der Waals surface area contributed by atoms with E-state index in [0.717, 1.165) is 23.4 Å². The molecule has 3 rings (SSSR count). The lowest BCUT2D eigenvalue weighted by Gasteiger charge is -2.36. The van der Waals surface area contributed by atoms with Crippen LogP contribution in [0.5, 0.6) is 0 Å². The predicted molar refractivity (Wildman–Crippen MR) is 123 cm³/mol. The van der Waals surface area contributed by atoms with Crippen molar-refractivity contribution in [3.8, 4) is 0 Å². The maximum absolute atomic E-state index is 13.1. The number of anilines is 1. The van der Waals surface area contributed by atoms with Gasteiger partial charge in [-0.05, 0) is 69.0 Å². The average Bonchev–Trinajstić information content (AvgIpc) is 2.76. The van der Waals surface area contributed by atoms with E-state index < -0.39 is 27.8 Å². The number of hydrogen-bond donors (Lipinski definition) is 1. The molecule has 7 nitrogen and oxygen atoms in total. The van der Waals surface area contributed by atoms with E-state index in [1.807, 2.05) is 19.9 Å². The van der Waals surface area contributed by atoms with Crippen molar-refractivity contribution in [1.29, 1.82) is 0 Å². The SMILES string of the molecule is Cc1cc(C)c(C)c(S(=O)(=O)NC(C)C(=O)N2CCN(c3ccc(C(F)(F)F)cn3)CC2)c1C. The fourth-order valence-corrected chi connectivity index (χ4v) is 5.91. The van der Waals surface area contributed by atoms with E-state index in [0.29, 0.717) is 43.1 Å². The molecule has 0 radical (unpaired) electrons. The summed E-state index contributed by atoms with van der Waals surface area (Å²) in [5.74, 6) is 0.0397. The number of aryl methyl sites for hydroxylation is 2. The van der Waals surface area contributed by atoms with Gasteiger partial charge in [0.05, 0.1) is 16.5 Å². The molecule has 1 aliphatic heterocycles. The molecule has 2 aromatic rings. The largest absolute Gasteiger partial charge is 0.417 e. The van der Waals surface area contributed by atoms with Crippen LogP contribution in [0.4, 0.5) is 19.0 Å². The van der Waals surface area contributed by atoms with Crippen LogP contribution in [-0.2, 0) is 21.0 Å². The number of nitrogens with zero attached hydrogens (tertiary/aromatic N) is 3. The fourth-order valence-electron chi connectivity index (χ4n) is 4.10. The third-order valence-electron chi connectivity index (χ3n) is 6.26. The molecule has 1 aliphatic rings. The molecule has 1 unspecified atom stereocenters. The minimum absolute atomic E-state index is 0.197. The van der Waals surface area contributed by atoms with Crippen LogP contribution < -0.4 is 9.62 Å². The Hall–Kier alpha value is -2.66. The van der Waals surface area contributed by atoms with Gasteiger partial charge in [0.1, 0.15) is 5.82 Å². The molecular weight excluding hydrogens is 469 g/mol. The lowest BCUT2D eigenvalue weighted by atomic mass is 10.0. The van der Waals surface area contributed by atoms with E-state index in [1.54, 1.807) is 23.6 Å². The van der Waals surface area contributed by atoms with Gasteiger partial charge in [-0.2, -0.15) is 17.9 Å². The average molecular weight is 499 g/mol. The zero-order valence-electron chi connectivity index (χ0n) is 19.8. The first-order chi connectivity index (χ1) is 15.7. The van der Waals surface area contributed by atoms with Crippen LogP contribution in [0, 0.1) is 27.7 Å². The summed E-state index contributed by atoms with van der Waals surface area (Å²) in [6.07, 6.45) is -3.66. The smallest absolute Gasteiger partial charge is 0.353 e. The standard InChI is InChI=1S/C23H29F3N4O3S/c1-14-12-15(2)17(4)21(16(14)3)34(32,33)28-18(5)22(31)30-10-8-29(9-11-30)20-7-6-19(13-27-20)23(24,25)26/h6-7,12-13,18,28H,8-11H2,1-5H3. The first-order valence-corrected chi connectivity index (χ1v) is 12.4. The number of benzene rings is 1. The molecule has 0 aliphatic carbocycles. The van der Waals surface area contributed by atoms with Crippen molar-refractivity contribution in [3.05, 3.63) is 52.2 Å².